The van der Waals surface area contributed by atoms with Crippen LogP contribution in [0.5, 0.6) is 0 Å². The number of aromatic nitrogens is 4. The third-order valence-electron chi connectivity index (χ3n) is 5.14. The van der Waals surface area contributed by atoms with Crippen LogP contribution in [0.25, 0.3) is 16.7 Å². The molecule has 0 N–H and O–H groups in total. The fraction of sp³-hybridized carbons (Fsp3) is 0.400. The molecule has 0 spiro atoms. The van der Waals surface area contributed by atoms with Gasteiger partial charge in [-0.15, -0.1) is 0 Å². The maximum absolute atomic E-state index is 12.9. The second-order valence-electron chi connectivity index (χ2n) is 6.94. The summed E-state index contributed by atoms with van der Waals surface area (Å²) in [5.74, 6) is 0.706. The second-order valence-corrected chi connectivity index (χ2v) is 6.94. The molecule has 27 heavy (non-hydrogen) atoms. The van der Waals surface area contributed by atoms with E-state index in [1.165, 1.54) is 6.42 Å². The Morgan fingerprint density at radius 1 is 1.11 bits per heavy atom. The van der Waals surface area contributed by atoms with Crippen LogP contribution in [0.3, 0.4) is 0 Å². The molecule has 7 nitrogen and oxygen atoms in total. The maximum Gasteiger partial charge on any atom is 0.264 e. The summed E-state index contributed by atoms with van der Waals surface area (Å²) in [6.07, 6.45) is 5.20. The Morgan fingerprint density at radius 3 is 2.59 bits per heavy atom. The van der Waals surface area contributed by atoms with E-state index in [0.29, 0.717) is 29.8 Å². The molecule has 1 aliphatic rings. The number of amides is 1. The van der Waals surface area contributed by atoms with Crippen LogP contribution >= 0.6 is 0 Å². The Hall–Kier alpha value is -2.96. The molecule has 7 heteroatoms. The first-order valence-corrected chi connectivity index (χ1v) is 9.43. The average molecular weight is 365 g/mol. The summed E-state index contributed by atoms with van der Waals surface area (Å²) in [7, 11) is 0. The van der Waals surface area contributed by atoms with Crippen molar-refractivity contribution < 1.29 is 4.79 Å². The van der Waals surface area contributed by atoms with E-state index in [1.54, 1.807) is 22.4 Å². The molecule has 4 rings (SSSR count). The summed E-state index contributed by atoms with van der Waals surface area (Å²) in [5.41, 5.74) is 1.25. The highest BCUT2D eigenvalue weighted by molar-refractivity contribution is 5.77. The molecule has 1 aromatic carbocycles. The van der Waals surface area contributed by atoms with Gasteiger partial charge in [0.05, 0.1) is 11.9 Å². The zero-order valence-electron chi connectivity index (χ0n) is 15.5. The molecule has 0 aliphatic carbocycles. The lowest BCUT2D eigenvalue weighted by Gasteiger charge is -2.26. The number of piperidine rings is 1. The number of hydrogen-bond donors (Lipinski definition) is 0. The number of benzene rings is 1. The molecule has 0 radical (unpaired) electrons. The first kappa shape index (κ1) is 17.5. The third-order valence-corrected chi connectivity index (χ3v) is 5.14. The number of likely N-dealkylation sites (tertiary alicyclic amines) is 1. The number of carbonyl (C=O) groups excluding carboxylic acids is 1. The van der Waals surface area contributed by atoms with Crippen LogP contribution in [0.2, 0.25) is 0 Å². The molecule has 140 valence electrons. The van der Waals surface area contributed by atoms with E-state index >= 15 is 0 Å². The van der Waals surface area contributed by atoms with E-state index in [1.807, 2.05) is 35.2 Å². The smallest absolute Gasteiger partial charge is 0.264 e. The predicted molar refractivity (Wildman–Crippen MR) is 103 cm³/mol. The zero-order valence-corrected chi connectivity index (χ0v) is 15.5. The van der Waals surface area contributed by atoms with E-state index < -0.39 is 0 Å². The maximum atomic E-state index is 12.9. The molecular weight excluding hydrogens is 342 g/mol. The number of para-hydroxylation sites is 1. The number of rotatable bonds is 4. The van der Waals surface area contributed by atoms with Crippen LogP contribution in [-0.2, 0) is 11.3 Å². The van der Waals surface area contributed by atoms with Gasteiger partial charge in [-0.1, -0.05) is 18.2 Å². The highest BCUT2D eigenvalue weighted by Crippen LogP contribution is 2.15. The van der Waals surface area contributed by atoms with Crippen LogP contribution in [0, 0.1) is 6.92 Å². The standard InChI is InChI=1S/C20H23N5O2/c1-15-22-19-17(14-21-25(19)16-8-4-2-5-9-16)20(27)24(15)13-10-18(26)23-11-6-3-7-12-23/h2,4-5,8-9,14H,3,6-7,10-13H2,1H3. The monoisotopic (exact) mass is 365 g/mol. The van der Waals surface area contributed by atoms with Crippen molar-refractivity contribution >= 4 is 16.9 Å². The highest BCUT2D eigenvalue weighted by atomic mass is 16.2. The molecule has 0 saturated carbocycles. The first-order chi connectivity index (χ1) is 13.1. The van der Waals surface area contributed by atoms with E-state index in [4.69, 9.17) is 0 Å². The lowest BCUT2D eigenvalue weighted by Crippen LogP contribution is -2.36. The minimum absolute atomic E-state index is 0.112. The Kier molecular flexibility index (Phi) is 4.75. The molecule has 0 bridgehead atoms. The number of aryl methyl sites for hydroxylation is 1. The van der Waals surface area contributed by atoms with Crippen molar-refractivity contribution in [2.45, 2.75) is 39.2 Å². The minimum Gasteiger partial charge on any atom is -0.343 e. The van der Waals surface area contributed by atoms with Crippen LogP contribution in [0.4, 0.5) is 0 Å². The lowest BCUT2D eigenvalue weighted by atomic mass is 10.1. The number of fused-ring (bicyclic) bond motifs is 1. The van der Waals surface area contributed by atoms with Crippen LogP contribution in [0.1, 0.15) is 31.5 Å². The van der Waals surface area contributed by atoms with Gasteiger partial charge in [0.1, 0.15) is 11.2 Å². The van der Waals surface area contributed by atoms with Crippen molar-refractivity contribution in [1.82, 2.24) is 24.2 Å². The Bertz CT molecular complexity index is 1020. The van der Waals surface area contributed by atoms with Crippen molar-refractivity contribution in [3.05, 3.63) is 52.7 Å². The molecule has 1 saturated heterocycles. The highest BCUT2D eigenvalue weighted by Gasteiger charge is 2.18. The van der Waals surface area contributed by atoms with Gasteiger partial charge in [-0.05, 0) is 38.3 Å². The largest absolute Gasteiger partial charge is 0.343 e. The fourth-order valence-electron chi connectivity index (χ4n) is 3.64. The number of hydrogen-bond acceptors (Lipinski definition) is 4. The predicted octanol–water partition coefficient (Wildman–Crippen LogP) is 2.29. The van der Waals surface area contributed by atoms with Gasteiger partial charge in [-0.2, -0.15) is 5.10 Å². The lowest BCUT2D eigenvalue weighted by molar-refractivity contribution is -0.132. The van der Waals surface area contributed by atoms with Gasteiger partial charge < -0.3 is 4.90 Å². The van der Waals surface area contributed by atoms with Gasteiger partial charge in [0.2, 0.25) is 5.91 Å². The van der Waals surface area contributed by atoms with E-state index in [0.717, 1.165) is 31.6 Å². The van der Waals surface area contributed by atoms with Gasteiger partial charge in [0.25, 0.3) is 5.56 Å². The minimum atomic E-state index is -0.147. The second kappa shape index (κ2) is 7.34. The molecule has 1 aliphatic heterocycles. The SMILES string of the molecule is Cc1nc2c(cnn2-c2ccccc2)c(=O)n1CCC(=O)N1CCCCC1. The van der Waals surface area contributed by atoms with Crippen LogP contribution in [0.15, 0.2) is 41.3 Å². The fourth-order valence-corrected chi connectivity index (χ4v) is 3.64. The number of carbonyl (C=O) groups is 1. The van der Waals surface area contributed by atoms with Gasteiger partial charge in [0.15, 0.2) is 5.65 Å². The van der Waals surface area contributed by atoms with Crippen molar-refractivity contribution in [2.24, 2.45) is 0 Å². The molecule has 3 heterocycles. The van der Waals surface area contributed by atoms with Gasteiger partial charge in [-0.3, -0.25) is 14.2 Å². The van der Waals surface area contributed by atoms with Crippen molar-refractivity contribution in [3.8, 4) is 5.69 Å². The average Bonchev–Trinajstić information content (AvgIpc) is 3.13. The summed E-state index contributed by atoms with van der Waals surface area (Å²) in [5, 5.41) is 4.81. The number of nitrogens with zero attached hydrogens (tertiary/aromatic N) is 5. The topological polar surface area (TPSA) is 73.0 Å². The molecule has 3 aromatic rings. The van der Waals surface area contributed by atoms with Crippen LogP contribution in [-0.4, -0.2) is 43.2 Å². The summed E-state index contributed by atoms with van der Waals surface area (Å²) >= 11 is 0. The van der Waals surface area contributed by atoms with Crippen molar-refractivity contribution in [2.75, 3.05) is 13.1 Å². The van der Waals surface area contributed by atoms with Gasteiger partial charge >= 0.3 is 0 Å². The van der Waals surface area contributed by atoms with Crippen molar-refractivity contribution in [3.63, 3.8) is 0 Å². The third kappa shape index (κ3) is 3.37. The molecule has 1 fully saturated rings. The normalized spacial score (nSPS) is 14.6. The van der Waals surface area contributed by atoms with E-state index in [-0.39, 0.29) is 11.5 Å². The summed E-state index contributed by atoms with van der Waals surface area (Å²) < 4.78 is 3.26. The van der Waals surface area contributed by atoms with E-state index in [2.05, 4.69) is 10.1 Å². The molecule has 0 unspecified atom stereocenters. The molecular formula is C20H23N5O2. The Morgan fingerprint density at radius 2 is 1.85 bits per heavy atom. The zero-order chi connectivity index (χ0) is 18.8. The first-order valence-electron chi connectivity index (χ1n) is 9.43. The summed E-state index contributed by atoms with van der Waals surface area (Å²) in [6.45, 7) is 3.80. The quantitative estimate of drug-likeness (QED) is 0.711. The summed E-state index contributed by atoms with van der Waals surface area (Å²) in [6, 6.07) is 9.62. The Balaban J connectivity index is 1.61. The Labute approximate surface area is 157 Å². The summed E-state index contributed by atoms with van der Waals surface area (Å²) in [4.78, 5) is 31.9. The van der Waals surface area contributed by atoms with Crippen molar-refractivity contribution in [1.29, 1.82) is 0 Å². The molecule has 0 atom stereocenters. The van der Waals surface area contributed by atoms with Gasteiger partial charge in [-0.25, -0.2) is 9.67 Å². The molecule has 1 amide bonds. The van der Waals surface area contributed by atoms with Gasteiger partial charge in [0, 0.05) is 26.1 Å². The van der Waals surface area contributed by atoms with Crippen LogP contribution < -0.4 is 5.56 Å². The molecule has 2 aromatic heterocycles. The van der Waals surface area contributed by atoms with E-state index in [9.17, 15) is 9.59 Å².